The van der Waals surface area contributed by atoms with Crippen LogP contribution >= 0.6 is 31.9 Å². The van der Waals surface area contributed by atoms with Crippen molar-refractivity contribution in [1.82, 2.24) is 0 Å². The van der Waals surface area contributed by atoms with E-state index in [1.807, 2.05) is 18.2 Å². The molecule has 0 aliphatic carbocycles. The second-order valence-corrected chi connectivity index (χ2v) is 5.89. The fraction of sp³-hybridized carbons (Fsp3) is 0.455. The SMILES string of the molecule is OC1(c2cc(Br)cc(Br)c2)CC[NH2+]CC1.[Cl-]. The summed E-state index contributed by atoms with van der Waals surface area (Å²) in [5.41, 5.74) is 0.373. The minimum absolute atomic E-state index is 0. The Morgan fingerprint density at radius 3 is 2.06 bits per heavy atom. The zero-order chi connectivity index (χ0) is 10.9. The zero-order valence-electron chi connectivity index (χ0n) is 8.72. The molecule has 16 heavy (non-hydrogen) atoms. The van der Waals surface area contributed by atoms with Gasteiger partial charge >= 0.3 is 0 Å². The Morgan fingerprint density at radius 1 is 1.06 bits per heavy atom. The summed E-state index contributed by atoms with van der Waals surface area (Å²) in [6, 6.07) is 6.01. The highest BCUT2D eigenvalue weighted by molar-refractivity contribution is 9.11. The predicted molar refractivity (Wildman–Crippen MR) is 66.6 cm³/mol. The van der Waals surface area contributed by atoms with Crippen LogP contribution in [-0.4, -0.2) is 18.2 Å². The third-order valence-electron chi connectivity index (χ3n) is 2.92. The van der Waals surface area contributed by atoms with Crippen LogP contribution in [0, 0.1) is 0 Å². The Kier molecular flexibility index (Phi) is 5.26. The summed E-state index contributed by atoms with van der Waals surface area (Å²) in [5.74, 6) is 0. The Balaban J connectivity index is 0.00000128. The number of quaternary nitrogens is 1. The minimum Gasteiger partial charge on any atom is -1.00 e. The molecule has 5 heteroatoms. The van der Waals surface area contributed by atoms with Crippen LogP contribution in [0.1, 0.15) is 18.4 Å². The quantitative estimate of drug-likeness (QED) is 0.637. The molecule has 1 aliphatic heterocycles. The van der Waals surface area contributed by atoms with Crippen molar-refractivity contribution < 1.29 is 22.8 Å². The van der Waals surface area contributed by atoms with Crippen molar-refractivity contribution in [2.24, 2.45) is 0 Å². The summed E-state index contributed by atoms with van der Waals surface area (Å²) in [4.78, 5) is 0. The fourth-order valence-electron chi connectivity index (χ4n) is 2.06. The summed E-state index contributed by atoms with van der Waals surface area (Å²) < 4.78 is 2.02. The monoisotopic (exact) mass is 369 g/mol. The first-order chi connectivity index (χ1) is 7.10. The van der Waals surface area contributed by atoms with Crippen LogP contribution < -0.4 is 17.7 Å². The van der Waals surface area contributed by atoms with Gasteiger partial charge in [-0.3, -0.25) is 0 Å². The summed E-state index contributed by atoms with van der Waals surface area (Å²) in [5, 5.41) is 12.8. The van der Waals surface area contributed by atoms with E-state index in [0.29, 0.717) is 0 Å². The van der Waals surface area contributed by atoms with Gasteiger partial charge in [0.05, 0.1) is 13.1 Å². The minimum atomic E-state index is -0.638. The lowest BCUT2D eigenvalue weighted by atomic mass is 9.85. The molecule has 90 valence electrons. The maximum Gasteiger partial charge on any atom is 0.100 e. The van der Waals surface area contributed by atoms with E-state index in [4.69, 9.17) is 0 Å². The lowest BCUT2D eigenvalue weighted by Gasteiger charge is -2.31. The molecule has 1 aliphatic rings. The van der Waals surface area contributed by atoms with E-state index in [-0.39, 0.29) is 12.4 Å². The van der Waals surface area contributed by atoms with Crippen molar-refractivity contribution in [2.75, 3.05) is 13.1 Å². The molecule has 1 aromatic carbocycles. The van der Waals surface area contributed by atoms with Crippen LogP contribution in [0.3, 0.4) is 0 Å². The number of rotatable bonds is 1. The van der Waals surface area contributed by atoms with Gasteiger partial charge in [-0.1, -0.05) is 31.9 Å². The molecule has 0 saturated carbocycles. The van der Waals surface area contributed by atoms with Crippen molar-refractivity contribution in [1.29, 1.82) is 0 Å². The highest BCUT2D eigenvalue weighted by atomic mass is 79.9. The maximum absolute atomic E-state index is 10.5. The smallest absolute Gasteiger partial charge is 0.100 e. The van der Waals surface area contributed by atoms with Crippen LogP contribution in [0.25, 0.3) is 0 Å². The van der Waals surface area contributed by atoms with Crippen LogP contribution in [0.4, 0.5) is 0 Å². The zero-order valence-corrected chi connectivity index (χ0v) is 12.6. The molecule has 0 spiro atoms. The summed E-state index contributed by atoms with van der Waals surface area (Å²) >= 11 is 6.91. The summed E-state index contributed by atoms with van der Waals surface area (Å²) in [7, 11) is 0. The largest absolute Gasteiger partial charge is 1.00 e. The molecule has 0 radical (unpaired) electrons. The highest BCUT2D eigenvalue weighted by Gasteiger charge is 2.33. The van der Waals surface area contributed by atoms with Gasteiger partial charge in [-0.25, -0.2) is 0 Å². The molecule has 0 aromatic heterocycles. The molecule has 0 unspecified atom stereocenters. The molecule has 1 aromatic rings. The second-order valence-electron chi connectivity index (χ2n) is 4.06. The van der Waals surface area contributed by atoms with Gasteiger partial charge in [0.1, 0.15) is 5.60 Å². The molecule has 3 N–H and O–H groups in total. The molecule has 2 rings (SSSR count). The van der Waals surface area contributed by atoms with E-state index >= 15 is 0 Å². The Morgan fingerprint density at radius 2 is 1.56 bits per heavy atom. The number of nitrogens with two attached hydrogens (primary N) is 1. The Hall–Kier alpha value is 0.390. The van der Waals surface area contributed by atoms with Crippen LogP contribution in [-0.2, 0) is 5.60 Å². The number of aliphatic hydroxyl groups is 1. The molecule has 1 heterocycles. The fourth-order valence-corrected chi connectivity index (χ4v) is 3.36. The van der Waals surface area contributed by atoms with Crippen LogP contribution in [0.15, 0.2) is 27.1 Å². The van der Waals surface area contributed by atoms with Gasteiger partial charge in [0.25, 0.3) is 0 Å². The van der Waals surface area contributed by atoms with Crippen LogP contribution in [0.5, 0.6) is 0 Å². The third kappa shape index (κ3) is 3.20. The van der Waals surface area contributed by atoms with E-state index < -0.39 is 5.60 Å². The number of halogens is 3. The van der Waals surface area contributed by atoms with Gasteiger partial charge in [0.2, 0.25) is 0 Å². The van der Waals surface area contributed by atoms with E-state index in [1.165, 1.54) is 0 Å². The molecule has 1 saturated heterocycles. The van der Waals surface area contributed by atoms with Gasteiger partial charge in [0, 0.05) is 21.8 Å². The van der Waals surface area contributed by atoms with Crippen molar-refractivity contribution >= 4 is 31.9 Å². The first-order valence-electron chi connectivity index (χ1n) is 5.11. The van der Waals surface area contributed by atoms with Crippen molar-refractivity contribution in [3.63, 3.8) is 0 Å². The molecule has 1 fully saturated rings. The van der Waals surface area contributed by atoms with Crippen LogP contribution in [0.2, 0.25) is 0 Å². The van der Waals surface area contributed by atoms with E-state index in [1.54, 1.807) is 0 Å². The van der Waals surface area contributed by atoms with Gasteiger partial charge < -0.3 is 22.8 Å². The number of benzene rings is 1. The molecule has 0 amide bonds. The van der Waals surface area contributed by atoms with Gasteiger partial charge in [0.15, 0.2) is 0 Å². The lowest BCUT2D eigenvalue weighted by molar-refractivity contribution is -0.669. The lowest BCUT2D eigenvalue weighted by Crippen LogP contribution is -3.00. The first kappa shape index (κ1) is 14.5. The van der Waals surface area contributed by atoms with Gasteiger partial charge in [-0.2, -0.15) is 0 Å². The second kappa shape index (κ2) is 5.83. The Bertz CT molecular complexity index is 347. The standard InChI is InChI=1S/C11H13Br2NO.ClH/c12-9-5-8(6-10(13)7-9)11(15)1-3-14-4-2-11;/h5-7,14-15H,1-4H2;1H. The van der Waals surface area contributed by atoms with Crippen molar-refractivity contribution in [3.8, 4) is 0 Å². The third-order valence-corrected chi connectivity index (χ3v) is 3.84. The Labute approximate surface area is 118 Å². The van der Waals surface area contributed by atoms with Crippen molar-refractivity contribution in [2.45, 2.75) is 18.4 Å². The van der Waals surface area contributed by atoms with E-state index in [2.05, 4.69) is 37.2 Å². The van der Waals surface area contributed by atoms with E-state index in [9.17, 15) is 5.11 Å². The average molecular weight is 372 g/mol. The van der Waals surface area contributed by atoms with E-state index in [0.717, 1.165) is 40.4 Å². The molecule has 2 nitrogen and oxygen atoms in total. The summed E-state index contributed by atoms with van der Waals surface area (Å²) in [6.45, 7) is 2.00. The average Bonchev–Trinajstić information content (AvgIpc) is 2.17. The molecule has 0 bridgehead atoms. The first-order valence-corrected chi connectivity index (χ1v) is 6.69. The summed E-state index contributed by atoms with van der Waals surface area (Å²) in [6.07, 6.45) is 1.66. The topological polar surface area (TPSA) is 36.8 Å². The normalized spacial score (nSPS) is 18.9. The number of hydrogen-bond donors (Lipinski definition) is 2. The molecule has 0 atom stereocenters. The van der Waals surface area contributed by atoms with Crippen molar-refractivity contribution in [3.05, 3.63) is 32.7 Å². The van der Waals surface area contributed by atoms with Gasteiger partial charge in [-0.05, 0) is 23.8 Å². The number of piperidine rings is 1. The number of hydrogen-bond acceptors (Lipinski definition) is 1. The molecular formula is C11H14Br2ClNO. The highest BCUT2D eigenvalue weighted by Crippen LogP contribution is 2.33. The maximum atomic E-state index is 10.5. The van der Waals surface area contributed by atoms with Gasteiger partial charge in [-0.15, -0.1) is 0 Å². The molecular weight excluding hydrogens is 357 g/mol. The predicted octanol–water partition coefficient (Wildman–Crippen LogP) is -1.24.